The Kier molecular flexibility index (Phi) is 4.32. The zero-order valence-electron chi connectivity index (χ0n) is 10.9. The topological polar surface area (TPSA) is 26.0 Å². The zero-order valence-corrected chi connectivity index (χ0v) is 11.8. The van der Waals surface area contributed by atoms with Gasteiger partial charge in [-0.1, -0.05) is 31.7 Å². The van der Waals surface area contributed by atoms with Crippen LogP contribution in [0.15, 0.2) is 52.3 Å². The highest BCUT2D eigenvalue weighted by molar-refractivity contribution is 7.99. The van der Waals surface area contributed by atoms with Gasteiger partial charge in [0, 0.05) is 15.5 Å². The summed E-state index contributed by atoms with van der Waals surface area (Å²) < 4.78 is 0. The van der Waals surface area contributed by atoms with Crippen LogP contribution in [0.1, 0.15) is 25.0 Å². The third-order valence-corrected chi connectivity index (χ3v) is 4.05. The smallest absolute Gasteiger partial charge is 0.0314 e. The summed E-state index contributed by atoms with van der Waals surface area (Å²) in [5.41, 5.74) is 9.42. The molecule has 0 aromatic heterocycles. The van der Waals surface area contributed by atoms with Gasteiger partial charge in [0.15, 0.2) is 0 Å². The van der Waals surface area contributed by atoms with Crippen LogP contribution >= 0.6 is 11.8 Å². The fourth-order valence-corrected chi connectivity index (χ4v) is 2.89. The number of hydrogen-bond donors (Lipinski definition) is 1. The molecule has 0 heterocycles. The number of benzene rings is 2. The molecule has 1 nitrogen and oxygen atoms in total. The molecule has 2 aromatic rings. The highest BCUT2D eigenvalue weighted by atomic mass is 32.2. The molecule has 0 aliphatic rings. The molecule has 0 spiro atoms. The van der Waals surface area contributed by atoms with Crippen molar-refractivity contribution >= 4 is 17.4 Å². The van der Waals surface area contributed by atoms with Crippen LogP contribution in [0.4, 0.5) is 5.69 Å². The average Bonchev–Trinajstić information content (AvgIpc) is 2.41. The SMILES string of the molecule is CCc1ccc(Sc2ccc(N)cc2)cc1CC. The standard InChI is InChI=1S/C16H19NS/c1-3-12-5-8-16(11-13(12)4-2)18-15-9-6-14(17)7-10-15/h5-11H,3-4,17H2,1-2H3. The van der Waals surface area contributed by atoms with Crippen molar-refractivity contribution in [1.29, 1.82) is 0 Å². The number of nitrogen functional groups attached to an aromatic ring is 1. The second kappa shape index (κ2) is 5.96. The maximum atomic E-state index is 5.69. The van der Waals surface area contributed by atoms with Crippen molar-refractivity contribution in [3.63, 3.8) is 0 Å². The molecule has 94 valence electrons. The summed E-state index contributed by atoms with van der Waals surface area (Å²) in [5.74, 6) is 0. The Bertz CT molecular complexity index is 517. The molecule has 2 heteroatoms. The van der Waals surface area contributed by atoms with E-state index in [1.54, 1.807) is 11.8 Å². The predicted molar refractivity (Wildman–Crippen MR) is 80.2 cm³/mol. The normalized spacial score (nSPS) is 10.6. The van der Waals surface area contributed by atoms with E-state index in [2.05, 4.69) is 44.2 Å². The van der Waals surface area contributed by atoms with E-state index < -0.39 is 0 Å². The first kappa shape index (κ1) is 13.0. The van der Waals surface area contributed by atoms with Crippen LogP contribution < -0.4 is 5.73 Å². The van der Waals surface area contributed by atoms with Gasteiger partial charge in [0.1, 0.15) is 0 Å². The van der Waals surface area contributed by atoms with Crippen molar-refractivity contribution in [3.8, 4) is 0 Å². The fourth-order valence-electron chi connectivity index (χ4n) is 2.01. The molecule has 2 rings (SSSR count). The van der Waals surface area contributed by atoms with Gasteiger partial charge in [-0.15, -0.1) is 0 Å². The lowest BCUT2D eigenvalue weighted by Crippen LogP contribution is -1.91. The Morgan fingerprint density at radius 1 is 0.833 bits per heavy atom. The summed E-state index contributed by atoms with van der Waals surface area (Å²) in [6, 6.07) is 14.8. The number of anilines is 1. The Hall–Kier alpha value is -1.41. The third kappa shape index (κ3) is 3.08. The molecule has 0 fully saturated rings. The van der Waals surface area contributed by atoms with Crippen LogP contribution in [-0.2, 0) is 12.8 Å². The molecule has 18 heavy (non-hydrogen) atoms. The number of aryl methyl sites for hydroxylation is 2. The third-order valence-electron chi connectivity index (χ3n) is 3.06. The van der Waals surface area contributed by atoms with E-state index in [0.29, 0.717) is 0 Å². The number of hydrogen-bond acceptors (Lipinski definition) is 2. The van der Waals surface area contributed by atoms with E-state index in [9.17, 15) is 0 Å². The minimum Gasteiger partial charge on any atom is -0.399 e. The van der Waals surface area contributed by atoms with Gasteiger partial charge < -0.3 is 5.73 Å². The van der Waals surface area contributed by atoms with Crippen LogP contribution in [0.25, 0.3) is 0 Å². The van der Waals surface area contributed by atoms with Crippen molar-refractivity contribution < 1.29 is 0 Å². The molecule has 0 radical (unpaired) electrons. The second-order valence-electron chi connectivity index (χ2n) is 4.31. The van der Waals surface area contributed by atoms with Crippen LogP contribution in [0.5, 0.6) is 0 Å². The van der Waals surface area contributed by atoms with Crippen LogP contribution in [0, 0.1) is 0 Å². The fraction of sp³-hybridized carbons (Fsp3) is 0.250. The highest BCUT2D eigenvalue weighted by Gasteiger charge is 2.02. The second-order valence-corrected chi connectivity index (χ2v) is 5.46. The molecule has 0 atom stereocenters. The molecule has 0 unspecified atom stereocenters. The molecule has 0 amide bonds. The highest BCUT2D eigenvalue weighted by Crippen LogP contribution is 2.30. The van der Waals surface area contributed by atoms with Crippen molar-refractivity contribution in [2.75, 3.05) is 5.73 Å². The van der Waals surface area contributed by atoms with Crippen molar-refractivity contribution in [2.45, 2.75) is 36.5 Å². The summed E-state index contributed by atoms with van der Waals surface area (Å²) in [4.78, 5) is 2.53. The molecule has 0 bridgehead atoms. The Labute approximate surface area is 113 Å². The lowest BCUT2D eigenvalue weighted by Gasteiger charge is -2.09. The van der Waals surface area contributed by atoms with Gasteiger partial charge in [-0.3, -0.25) is 0 Å². The van der Waals surface area contributed by atoms with E-state index in [-0.39, 0.29) is 0 Å². The van der Waals surface area contributed by atoms with Gasteiger partial charge in [0.2, 0.25) is 0 Å². The summed E-state index contributed by atoms with van der Waals surface area (Å²) >= 11 is 1.79. The van der Waals surface area contributed by atoms with Gasteiger partial charge in [-0.2, -0.15) is 0 Å². The van der Waals surface area contributed by atoms with Crippen LogP contribution in [-0.4, -0.2) is 0 Å². The van der Waals surface area contributed by atoms with E-state index in [0.717, 1.165) is 18.5 Å². The summed E-state index contributed by atoms with van der Waals surface area (Å²) in [7, 11) is 0. The van der Waals surface area contributed by atoms with Crippen molar-refractivity contribution in [3.05, 3.63) is 53.6 Å². The Morgan fingerprint density at radius 3 is 2.06 bits per heavy atom. The van der Waals surface area contributed by atoms with Crippen molar-refractivity contribution in [2.24, 2.45) is 0 Å². The average molecular weight is 257 g/mol. The molecule has 0 saturated carbocycles. The summed E-state index contributed by atoms with van der Waals surface area (Å²) in [5, 5.41) is 0. The van der Waals surface area contributed by atoms with Gasteiger partial charge in [-0.25, -0.2) is 0 Å². The number of nitrogens with two attached hydrogens (primary N) is 1. The van der Waals surface area contributed by atoms with Gasteiger partial charge in [0.05, 0.1) is 0 Å². The lowest BCUT2D eigenvalue weighted by atomic mass is 10.0. The molecule has 2 N–H and O–H groups in total. The van der Waals surface area contributed by atoms with E-state index >= 15 is 0 Å². The lowest BCUT2D eigenvalue weighted by molar-refractivity contribution is 1.02. The maximum Gasteiger partial charge on any atom is 0.0314 e. The molecule has 0 aliphatic carbocycles. The maximum absolute atomic E-state index is 5.69. The Morgan fingerprint density at radius 2 is 1.44 bits per heavy atom. The first-order chi connectivity index (χ1) is 8.72. The molecule has 0 aliphatic heterocycles. The molecular weight excluding hydrogens is 238 g/mol. The van der Waals surface area contributed by atoms with Gasteiger partial charge >= 0.3 is 0 Å². The van der Waals surface area contributed by atoms with Gasteiger partial charge in [-0.05, 0) is 60.4 Å². The van der Waals surface area contributed by atoms with Crippen molar-refractivity contribution in [1.82, 2.24) is 0 Å². The summed E-state index contributed by atoms with van der Waals surface area (Å²) in [6.45, 7) is 4.42. The molecule has 0 saturated heterocycles. The van der Waals surface area contributed by atoms with Crippen LogP contribution in [0.2, 0.25) is 0 Å². The predicted octanol–water partition coefficient (Wildman–Crippen LogP) is 4.54. The minimum atomic E-state index is 0.815. The van der Waals surface area contributed by atoms with E-state index in [4.69, 9.17) is 5.73 Å². The largest absolute Gasteiger partial charge is 0.399 e. The molecular formula is C16H19NS. The Balaban J connectivity index is 2.21. The zero-order chi connectivity index (χ0) is 13.0. The number of rotatable bonds is 4. The van der Waals surface area contributed by atoms with E-state index in [1.807, 2.05) is 12.1 Å². The quantitative estimate of drug-likeness (QED) is 0.813. The summed E-state index contributed by atoms with van der Waals surface area (Å²) in [6.07, 6.45) is 2.20. The van der Waals surface area contributed by atoms with E-state index in [1.165, 1.54) is 20.9 Å². The monoisotopic (exact) mass is 257 g/mol. The molecule has 2 aromatic carbocycles. The minimum absolute atomic E-state index is 0.815. The first-order valence-electron chi connectivity index (χ1n) is 6.38. The van der Waals surface area contributed by atoms with Gasteiger partial charge in [0.25, 0.3) is 0 Å². The first-order valence-corrected chi connectivity index (χ1v) is 7.19. The van der Waals surface area contributed by atoms with Crippen LogP contribution in [0.3, 0.4) is 0 Å².